The van der Waals surface area contributed by atoms with E-state index in [4.69, 9.17) is 5.73 Å². The molecule has 0 amide bonds. The Morgan fingerprint density at radius 1 is 1.44 bits per heavy atom. The van der Waals surface area contributed by atoms with Crippen LogP contribution in [0.1, 0.15) is 11.4 Å². The predicted molar refractivity (Wildman–Crippen MR) is 68.2 cm³/mol. The molecule has 0 saturated carbocycles. The fourth-order valence-electron chi connectivity index (χ4n) is 1.67. The number of H-pyrrole nitrogens is 1. The average molecular weight is 266 g/mol. The molecule has 0 aliphatic rings. The van der Waals surface area contributed by atoms with Crippen molar-refractivity contribution in [2.24, 2.45) is 0 Å². The summed E-state index contributed by atoms with van der Waals surface area (Å²) in [5.41, 5.74) is 6.56. The summed E-state index contributed by atoms with van der Waals surface area (Å²) in [6.45, 7) is 1.81. The molecule has 1 aromatic carbocycles. The van der Waals surface area contributed by atoms with Crippen LogP contribution in [0.5, 0.6) is 0 Å². The van der Waals surface area contributed by atoms with Gasteiger partial charge in [-0.2, -0.15) is 0 Å². The number of nitrogen functional groups attached to an aromatic ring is 1. The third kappa shape index (κ3) is 2.52. The van der Waals surface area contributed by atoms with Gasteiger partial charge in [-0.25, -0.2) is 18.1 Å². The molecule has 1 aromatic heterocycles. The van der Waals surface area contributed by atoms with Gasteiger partial charge in [-0.1, -0.05) is 12.1 Å². The Hall–Kier alpha value is -1.86. The molecule has 6 nitrogen and oxygen atoms in total. The van der Waals surface area contributed by atoms with Gasteiger partial charge in [0.05, 0.1) is 12.2 Å². The molecule has 0 fully saturated rings. The first kappa shape index (κ1) is 12.6. The van der Waals surface area contributed by atoms with Crippen LogP contribution in [0.2, 0.25) is 0 Å². The van der Waals surface area contributed by atoms with E-state index >= 15 is 0 Å². The summed E-state index contributed by atoms with van der Waals surface area (Å²) in [7, 11) is -3.63. The molecule has 2 aromatic rings. The summed E-state index contributed by atoms with van der Waals surface area (Å²) in [4.78, 5) is 6.89. The first-order valence-electron chi connectivity index (χ1n) is 5.34. The third-order valence-electron chi connectivity index (χ3n) is 2.50. The molecule has 1 heterocycles. The summed E-state index contributed by atoms with van der Waals surface area (Å²) < 4.78 is 26.7. The second-order valence-electron chi connectivity index (χ2n) is 3.85. The van der Waals surface area contributed by atoms with Gasteiger partial charge in [-0.15, -0.1) is 0 Å². The summed E-state index contributed by atoms with van der Waals surface area (Å²) in [6, 6.07) is 4.99. The number of sulfonamides is 1. The monoisotopic (exact) mass is 266 g/mol. The highest BCUT2D eigenvalue weighted by Gasteiger charge is 2.19. The summed E-state index contributed by atoms with van der Waals surface area (Å²) in [6.07, 6.45) is 3.19. The van der Waals surface area contributed by atoms with Crippen LogP contribution in [-0.4, -0.2) is 18.4 Å². The van der Waals surface area contributed by atoms with Gasteiger partial charge >= 0.3 is 0 Å². The Bertz CT molecular complexity index is 615. The van der Waals surface area contributed by atoms with E-state index in [1.165, 1.54) is 0 Å². The summed E-state index contributed by atoms with van der Waals surface area (Å²) in [5, 5.41) is 0. The Labute approximate surface area is 105 Å². The SMILES string of the molecule is Cc1cccc(N)c1S(=O)(=O)NCc1ncc[nH]1. The number of rotatable bonds is 4. The molecule has 96 valence electrons. The summed E-state index contributed by atoms with van der Waals surface area (Å²) in [5.74, 6) is 0.547. The van der Waals surface area contributed by atoms with Gasteiger partial charge in [-0.3, -0.25) is 0 Å². The number of imidazole rings is 1. The number of benzene rings is 1. The molecule has 0 saturated heterocycles. The average Bonchev–Trinajstić information content (AvgIpc) is 2.78. The number of aromatic nitrogens is 2. The lowest BCUT2D eigenvalue weighted by atomic mass is 10.2. The van der Waals surface area contributed by atoms with Crippen molar-refractivity contribution in [3.05, 3.63) is 42.0 Å². The second-order valence-corrected chi connectivity index (χ2v) is 5.56. The van der Waals surface area contributed by atoms with E-state index in [1.807, 2.05) is 0 Å². The lowest BCUT2D eigenvalue weighted by Crippen LogP contribution is -2.25. The van der Waals surface area contributed by atoms with Gasteiger partial charge in [0, 0.05) is 12.4 Å². The van der Waals surface area contributed by atoms with E-state index in [2.05, 4.69) is 14.7 Å². The van der Waals surface area contributed by atoms with E-state index in [1.54, 1.807) is 37.5 Å². The fourth-order valence-corrected chi connectivity index (χ4v) is 3.01. The minimum absolute atomic E-state index is 0.100. The zero-order valence-electron chi connectivity index (χ0n) is 9.84. The normalized spacial score (nSPS) is 11.6. The molecular formula is C11H14N4O2S. The van der Waals surface area contributed by atoms with Crippen molar-refractivity contribution in [1.82, 2.24) is 14.7 Å². The van der Waals surface area contributed by atoms with Crippen LogP contribution in [0.3, 0.4) is 0 Å². The van der Waals surface area contributed by atoms with Crippen molar-refractivity contribution in [3.63, 3.8) is 0 Å². The number of aryl methyl sites for hydroxylation is 1. The molecular weight excluding hydrogens is 252 g/mol. The molecule has 2 rings (SSSR count). The van der Waals surface area contributed by atoms with Crippen molar-refractivity contribution in [2.45, 2.75) is 18.4 Å². The van der Waals surface area contributed by atoms with E-state index in [0.29, 0.717) is 11.4 Å². The molecule has 0 aliphatic carbocycles. The highest BCUT2D eigenvalue weighted by atomic mass is 32.2. The van der Waals surface area contributed by atoms with Crippen LogP contribution < -0.4 is 10.5 Å². The van der Waals surface area contributed by atoms with Gasteiger partial charge < -0.3 is 10.7 Å². The van der Waals surface area contributed by atoms with E-state index in [0.717, 1.165) is 0 Å². The Morgan fingerprint density at radius 2 is 2.22 bits per heavy atom. The number of nitrogens with zero attached hydrogens (tertiary/aromatic N) is 1. The highest BCUT2D eigenvalue weighted by molar-refractivity contribution is 7.89. The van der Waals surface area contributed by atoms with Gasteiger partial charge in [0.2, 0.25) is 10.0 Å². The minimum atomic E-state index is -3.63. The Morgan fingerprint density at radius 3 is 2.83 bits per heavy atom. The maximum Gasteiger partial charge on any atom is 0.243 e. The standard InChI is InChI=1S/C11H14N4O2S/c1-8-3-2-4-9(12)11(8)18(16,17)15-7-10-13-5-6-14-10/h2-6,15H,7,12H2,1H3,(H,13,14). The first-order chi connectivity index (χ1) is 8.50. The molecule has 0 radical (unpaired) electrons. The van der Waals surface area contributed by atoms with E-state index in [-0.39, 0.29) is 17.1 Å². The van der Waals surface area contributed by atoms with Crippen molar-refractivity contribution < 1.29 is 8.42 Å². The van der Waals surface area contributed by atoms with Crippen molar-refractivity contribution in [1.29, 1.82) is 0 Å². The molecule has 0 bridgehead atoms. The number of hydrogen-bond acceptors (Lipinski definition) is 4. The first-order valence-corrected chi connectivity index (χ1v) is 6.82. The topological polar surface area (TPSA) is 101 Å². The number of hydrogen-bond donors (Lipinski definition) is 3. The van der Waals surface area contributed by atoms with Crippen molar-refractivity contribution >= 4 is 15.7 Å². The smallest absolute Gasteiger partial charge is 0.243 e. The zero-order chi connectivity index (χ0) is 13.2. The predicted octanol–water partition coefficient (Wildman–Crippen LogP) is 0.779. The number of aromatic amines is 1. The lowest BCUT2D eigenvalue weighted by molar-refractivity contribution is 0.579. The molecule has 7 heteroatoms. The van der Waals surface area contributed by atoms with Gasteiger partial charge in [-0.05, 0) is 18.6 Å². The molecule has 0 unspecified atom stereocenters. The second kappa shape index (κ2) is 4.79. The van der Waals surface area contributed by atoms with Crippen LogP contribution >= 0.6 is 0 Å². The van der Waals surface area contributed by atoms with Gasteiger partial charge in [0.1, 0.15) is 10.7 Å². The zero-order valence-corrected chi connectivity index (χ0v) is 10.7. The Balaban J connectivity index is 2.26. The minimum Gasteiger partial charge on any atom is -0.398 e. The molecule has 4 N–H and O–H groups in total. The van der Waals surface area contributed by atoms with Crippen molar-refractivity contribution in [3.8, 4) is 0 Å². The van der Waals surface area contributed by atoms with E-state index < -0.39 is 10.0 Å². The maximum atomic E-state index is 12.1. The third-order valence-corrected chi connectivity index (χ3v) is 4.12. The van der Waals surface area contributed by atoms with E-state index in [9.17, 15) is 8.42 Å². The molecule has 0 atom stereocenters. The number of nitrogens with two attached hydrogens (primary N) is 1. The maximum absolute atomic E-state index is 12.1. The van der Waals surface area contributed by atoms with Crippen molar-refractivity contribution in [2.75, 3.05) is 5.73 Å². The van der Waals surface area contributed by atoms with Crippen LogP contribution in [0.25, 0.3) is 0 Å². The highest BCUT2D eigenvalue weighted by Crippen LogP contribution is 2.21. The van der Waals surface area contributed by atoms with Crippen LogP contribution in [0, 0.1) is 6.92 Å². The fraction of sp³-hybridized carbons (Fsp3) is 0.182. The lowest BCUT2D eigenvalue weighted by Gasteiger charge is -2.10. The number of anilines is 1. The molecule has 0 spiro atoms. The molecule has 18 heavy (non-hydrogen) atoms. The Kier molecular flexibility index (Phi) is 3.35. The van der Waals surface area contributed by atoms with Gasteiger partial charge in [0.15, 0.2) is 0 Å². The van der Waals surface area contributed by atoms with Crippen LogP contribution in [0.4, 0.5) is 5.69 Å². The quantitative estimate of drug-likeness (QED) is 0.712. The number of nitrogens with one attached hydrogen (secondary N) is 2. The van der Waals surface area contributed by atoms with Gasteiger partial charge in [0.25, 0.3) is 0 Å². The summed E-state index contributed by atoms with van der Waals surface area (Å²) >= 11 is 0. The van der Waals surface area contributed by atoms with Crippen LogP contribution in [-0.2, 0) is 16.6 Å². The molecule has 0 aliphatic heterocycles. The largest absolute Gasteiger partial charge is 0.398 e. The van der Waals surface area contributed by atoms with Crippen LogP contribution in [0.15, 0.2) is 35.5 Å².